The van der Waals surface area contributed by atoms with Crippen molar-refractivity contribution >= 4 is 0 Å². The Hall–Kier alpha value is -0.600. The SMILES string of the molecule is C=CCN(CC=C)CCCCC[O]. The minimum Gasteiger partial charge on any atom is -0.296 e. The zero-order valence-electron chi connectivity index (χ0n) is 8.37. The van der Waals surface area contributed by atoms with Gasteiger partial charge in [-0.3, -0.25) is 4.90 Å². The highest BCUT2D eigenvalue weighted by molar-refractivity contribution is 4.79. The molecule has 0 saturated carbocycles. The van der Waals surface area contributed by atoms with Gasteiger partial charge in [0.15, 0.2) is 0 Å². The Bertz CT molecular complexity index is 124. The predicted molar refractivity (Wildman–Crippen MR) is 56.2 cm³/mol. The summed E-state index contributed by atoms with van der Waals surface area (Å²) in [6, 6.07) is 0. The Morgan fingerprint density at radius 1 is 1.00 bits per heavy atom. The first kappa shape index (κ1) is 12.4. The van der Waals surface area contributed by atoms with Gasteiger partial charge in [0.1, 0.15) is 0 Å². The monoisotopic (exact) mass is 182 g/mol. The van der Waals surface area contributed by atoms with Crippen LogP contribution in [0.15, 0.2) is 25.3 Å². The summed E-state index contributed by atoms with van der Waals surface area (Å²) < 4.78 is 0. The molecule has 0 heterocycles. The van der Waals surface area contributed by atoms with Gasteiger partial charge in [-0.2, -0.15) is 0 Å². The lowest BCUT2D eigenvalue weighted by Crippen LogP contribution is -2.25. The largest absolute Gasteiger partial charge is 0.296 e. The van der Waals surface area contributed by atoms with Crippen molar-refractivity contribution in [3.8, 4) is 0 Å². The molecule has 0 N–H and O–H groups in total. The predicted octanol–water partition coefficient (Wildman–Crippen LogP) is 2.26. The molecule has 0 aromatic carbocycles. The first-order valence-electron chi connectivity index (χ1n) is 4.87. The maximum absolute atomic E-state index is 10.2. The zero-order valence-corrected chi connectivity index (χ0v) is 8.37. The molecular formula is C11H20NO. The molecule has 0 amide bonds. The topological polar surface area (TPSA) is 23.1 Å². The summed E-state index contributed by atoms with van der Waals surface area (Å²) in [6.45, 7) is 10.3. The van der Waals surface area contributed by atoms with E-state index >= 15 is 0 Å². The van der Waals surface area contributed by atoms with Crippen molar-refractivity contribution in [1.82, 2.24) is 4.90 Å². The molecule has 0 aliphatic heterocycles. The molecule has 0 aliphatic rings. The average molecular weight is 182 g/mol. The fraction of sp³-hybridized carbons (Fsp3) is 0.636. The lowest BCUT2D eigenvalue weighted by molar-refractivity contribution is 0.184. The highest BCUT2D eigenvalue weighted by atomic mass is 16.2. The fourth-order valence-electron chi connectivity index (χ4n) is 1.24. The Morgan fingerprint density at radius 2 is 1.62 bits per heavy atom. The number of rotatable bonds is 9. The molecule has 1 radical (unpaired) electrons. The molecule has 13 heavy (non-hydrogen) atoms. The Kier molecular flexibility index (Phi) is 9.05. The van der Waals surface area contributed by atoms with E-state index < -0.39 is 0 Å². The van der Waals surface area contributed by atoms with Crippen molar-refractivity contribution in [2.45, 2.75) is 19.3 Å². The van der Waals surface area contributed by atoms with Gasteiger partial charge in [0.2, 0.25) is 0 Å². The summed E-state index contributed by atoms with van der Waals surface area (Å²) in [4.78, 5) is 2.27. The summed E-state index contributed by atoms with van der Waals surface area (Å²) in [7, 11) is 0. The van der Waals surface area contributed by atoms with Gasteiger partial charge >= 0.3 is 0 Å². The van der Waals surface area contributed by atoms with Gasteiger partial charge in [0.25, 0.3) is 0 Å². The number of hydrogen-bond acceptors (Lipinski definition) is 1. The van der Waals surface area contributed by atoms with Gasteiger partial charge in [-0.15, -0.1) is 13.2 Å². The van der Waals surface area contributed by atoms with Crippen molar-refractivity contribution in [2.24, 2.45) is 0 Å². The van der Waals surface area contributed by atoms with Gasteiger partial charge in [-0.1, -0.05) is 12.2 Å². The van der Waals surface area contributed by atoms with Crippen LogP contribution in [0.5, 0.6) is 0 Å². The molecule has 0 unspecified atom stereocenters. The molecule has 0 rings (SSSR count). The van der Waals surface area contributed by atoms with Crippen LogP contribution in [0.25, 0.3) is 0 Å². The van der Waals surface area contributed by atoms with E-state index in [1.165, 1.54) is 0 Å². The molecule has 0 bridgehead atoms. The minimum atomic E-state index is 0.0584. The summed E-state index contributed by atoms with van der Waals surface area (Å²) in [5.74, 6) is 0. The van der Waals surface area contributed by atoms with E-state index in [4.69, 9.17) is 0 Å². The average Bonchev–Trinajstić information content (AvgIpc) is 2.13. The van der Waals surface area contributed by atoms with E-state index in [9.17, 15) is 5.11 Å². The van der Waals surface area contributed by atoms with E-state index in [2.05, 4.69) is 18.1 Å². The number of unbranched alkanes of at least 4 members (excludes halogenated alkanes) is 2. The highest BCUT2D eigenvalue weighted by Crippen LogP contribution is 1.98. The molecule has 0 aromatic rings. The second-order valence-corrected chi connectivity index (χ2v) is 3.10. The van der Waals surface area contributed by atoms with Crippen LogP contribution in [-0.2, 0) is 5.11 Å². The van der Waals surface area contributed by atoms with E-state index in [-0.39, 0.29) is 6.61 Å². The maximum Gasteiger partial charge on any atom is 0.0822 e. The molecular weight excluding hydrogens is 162 g/mol. The second kappa shape index (κ2) is 9.49. The molecule has 0 spiro atoms. The number of nitrogens with zero attached hydrogens (tertiary/aromatic N) is 1. The summed E-state index contributed by atoms with van der Waals surface area (Å²) >= 11 is 0. The Labute approximate surface area is 81.6 Å². The van der Waals surface area contributed by atoms with Gasteiger partial charge in [-0.25, -0.2) is 5.11 Å². The van der Waals surface area contributed by atoms with Gasteiger partial charge < -0.3 is 0 Å². The molecule has 0 atom stereocenters. The van der Waals surface area contributed by atoms with E-state index in [1.54, 1.807) is 0 Å². The molecule has 0 saturated heterocycles. The molecule has 2 heteroatoms. The van der Waals surface area contributed by atoms with Crippen LogP contribution in [0.1, 0.15) is 19.3 Å². The van der Waals surface area contributed by atoms with Gasteiger partial charge in [0.05, 0.1) is 6.61 Å². The summed E-state index contributed by atoms with van der Waals surface area (Å²) in [5.41, 5.74) is 0. The van der Waals surface area contributed by atoms with Gasteiger partial charge in [-0.05, 0) is 25.8 Å². The van der Waals surface area contributed by atoms with E-state index in [1.807, 2.05) is 12.2 Å². The van der Waals surface area contributed by atoms with E-state index in [0.29, 0.717) is 0 Å². The highest BCUT2D eigenvalue weighted by Gasteiger charge is 1.99. The van der Waals surface area contributed by atoms with Crippen molar-refractivity contribution < 1.29 is 5.11 Å². The third-order valence-electron chi connectivity index (χ3n) is 1.89. The zero-order chi connectivity index (χ0) is 9.94. The maximum atomic E-state index is 10.2. The molecule has 0 aliphatic carbocycles. The number of hydrogen-bond donors (Lipinski definition) is 0. The molecule has 2 nitrogen and oxygen atoms in total. The van der Waals surface area contributed by atoms with Crippen LogP contribution in [0.3, 0.4) is 0 Å². The van der Waals surface area contributed by atoms with Crippen molar-refractivity contribution in [3.63, 3.8) is 0 Å². The quantitative estimate of drug-likeness (QED) is 0.396. The van der Waals surface area contributed by atoms with Crippen LogP contribution >= 0.6 is 0 Å². The minimum absolute atomic E-state index is 0.0584. The normalized spacial score (nSPS) is 10.3. The lowest BCUT2D eigenvalue weighted by atomic mass is 10.2. The second-order valence-electron chi connectivity index (χ2n) is 3.10. The lowest BCUT2D eigenvalue weighted by Gasteiger charge is -2.17. The first-order chi connectivity index (χ1) is 6.35. The molecule has 75 valence electrons. The van der Waals surface area contributed by atoms with Crippen LogP contribution in [0.4, 0.5) is 0 Å². The van der Waals surface area contributed by atoms with Crippen molar-refractivity contribution in [2.75, 3.05) is 26.2 Å². The Balaban J connectivity index is 3.43. The smallest absolute Gasteiger partial charge is 0.0822 e. The molecule has 0 aromatic heterocycles. The van der Waals surface area contributed by atoms with Crippen LogP contribution < -0.4 is 0 Å². The van der Waals surface area contributed by atoms with E-state index in [0.717, 1.165) is 38.9 Å². The third-order valence-corrected chi connectivity index (χ3v) is 1.89. The standard InChI is InChI=1S/C11H20NO/c1-3-8-12(9-4-2)10-6-5-7-11-13/h3-4H,1-2,5-11H2. The first-order valence-corrected chi connectivity index (χ1v) is 4.87. The van der Waals surface area contributed by atoms with Gasteiger partial charge in [0, 0.05) is 13.1 Å². The Morgan fingerprint density at radius 3 is 2.08 bits per heavy atom. The van der Waals surface area contributed by atoms with Crippen molar-refractivity contribution in [1.29, 1.82) is 0 Å². The third kappa shape index (κ3) is 7.75. The van der Waals surface area contributed by atoms with Crippen LogP contribution in [-0.4, -0.2) is 31.1 Å². The molecule has 0 fully saturated rings. The van der Waals surface area contributed by atoms with Crippen LogP contribution in [0.2, 0.25) is 0 Å². The summed E-state index contributed by atoms with van der Waals surface area (Å²) in [5, 5.41) is 10.2. The van der Waals surface area contributed by atoms with Crippen molar-refractivity contribution in [3.05, 3.63) is 25.3 Å². The summed E-state index contributed by atoms with van der Waals surface area (Å²) in [6.07, 6.45) is 6.74. The van der Waals surface area contributed by atoms with Crippen LogP contribution in [0, 0.1) is 0 Å². The fourth-order valence-corrected chi connectivity index (χ4v) is 1.24.